The molecule has 140 valence electrons. The SMILES string of the molecule is Cc1ccc(S(=O)(=O)N(CC(=O)NC(C)C)Cc2ccccc2Cl)cc1. The summed E-state index contributed by atoms with van der Waals surface area (Å²) in [5.41, 5.74) is 1.60. The second-order valence-electron chi connectivity index (χ2n) is 6.40. The van der Waals surface area contributed by atoms with Crippen LogP contribution in [0.5, 0.6) is 0 Å². The van der Waals surface area contributed by atoms with E-state index < -0.39 is 10.0 Å². The quantitative estimate of drug-likeness (QED) is 0.782. The number of halogens is 1. The zero-order valence-corrected chi connectivity index (χ0v) is 16.6. The maximum absolute atomic E-state index is 13.1. The topological polar surface area (TPSA) is 66.5 Å². The van der Waals surface area contributed by atoms with Crippen molar-refractivity contribution in [3.05, 3.63) is 64.7 Å². The smallest absolute Gasteiger partial charge is 0.243 e. The second kappa shape index (κ2) is 8.66. The van der Waals surface area contributed by atoms with Gasteiger partial charge in [0.1, 0.15) is 0 Å². The molecular weight excluding hydrogens is 372 g/mol. The van der Waals surface area contributed by atoms with Gasteiger partial charge in [0.05, 0.1) is 11.4 Å². The Morgan fingerprint density at radius 2 is 1.73 bits per heavy atom. The molecular formula is C19H23ClN2O3S. The standard InChI is InChI=1S/C19H23ClN2O3S/c1-14(2)21-19(23)13-22(12-16-6-4-5-7-18(16)20)26(24,25)17-10-8-15(3)9-11-17/h4-11,14H,12-13H2,1-3H3,(H,21,23). The number of hydrogen-bond donors (Lipinski definition) is 1. The average molecular weight is 395 g/mol. The highest BCUT2D eigenvalue weighted by Gasteiger charge is 2.27. The monoisotopic (exact) mass is 394 g/mol. The van der Waals surface area contributed by atoms with Gasteiger partial charge in [0.25, 0.3) is 0 Å². The van der Waals surface area contributed by atoms with Gasteiger partial charge in [0.2, 0.25) is 15.9 Å². The average Bonchev–Trinajstić information content (AvgIpc) is 2.56. The van der Waals surface area contributed by atoms with Crippen molar-refractivity contribution in [1.29, 1.82) is 0 Å². The maximum atomic E-state index is 13.1. The van der Waals surface area contributed by atoms with Crippen LogP contribution in [0, 0.1) is 6.92 Å². The minimum Gasteiger partial charge on any atom is -0.353 e. The van der Waals surface area contributed by atoms with Gasteiger partial charge in [-0.25, -0.2) is 8.42 Å². The minimum atomic E-state index is -3.85. The summed E-state index contributed by atoms with van der Waals surface area (Å²) in [4.78, 5) is 12.4. The van der Waals surface area contributed by atoms with Crippen molar-refractivity contribution in [2.45, 2.75) is 38.3 Å². The molecule has 0 atom stereocenters. The van der Waals surface area contributed by atoms with Crippen molar-refractivity contribution < 1.29 is 13.2 Å². The number of amides is 1. The summed E-state index contributed by atoms with van der Waals surface area (Å²) in [5.74, 6) is -0.359. The number of carbonyl (C=O) groups excluding carboxylic acids is 1. The number of sulfonamides is 1. The molecule has 7 heteroatoms. The molecule has 0 fully saturated rings. The number of nitrogens with one attached hydrogen (secondary N) is 1. The molecule has 0 bridgehead atoms. The Balaban J connectivity index is 2.37. The van der Waals surface area contributed by atoms with Crippen molar-refractivity contribution in [3.63, 3.8) is 0 Å². The first kappa shape index (κ1) is 20.4. The van der Waals surface area contributed by atoms with Crippen molar-refractivity contribution in [3.8, 4) is 0 Å². The van der Waals surface area contributed by atoms with Crippen LogP contribution >= 0.6 is 11.6 Å². The predicted molar refractivity (Wildman–Crippen MR) is 104 cm³/mol. The van der Waals surface area contributed by atoms with Crippen LogP contribution in [0.4, 0.5) is 0 Å². The summed E-state index contributed by atoms with van der Waals surface area (Å²) in [6, 6.07) is 13.5. The lowest BCUT2D eigenvalue weighted by molar-refractivity contribution is -0.121. The summed E-state index contributed by atoms with van der Waals surface area (Å²) >= 11 is 6.18. The van der Waals surface area contributed by atoms with Crippen LogP contribution in [0.3, 0.4) is 0 Å². The van der Waals surface area contributed by atoms with Crippen LogP contribution in [-0.2, 0) is 21.4 Å². The molecule has 0 aliphatic heterocycles. The molecule has 0 aromatic heterocycles. The van der Waals surface area contributed by atoms with Crippen molar-refractivity contribution in [1.82, 2.24) is 9.62 Å². The summed E-state index contributed by atoms with van der Waals surface area (Å²) in [7, 11) is -3.85. The molecule has 0 spiro atoms. The lowest BCUT2D eigenvalue weighted by Gasteiger charge is -2.23. The number of nitrogens with zero attached hydrogens (tertiary/aromatic N) is 1. The lowest BCUT2D eigenvalue weighted by atomic mass is 10.2. The Bertz CT molecular complexity index is 865. The fourth-order valence-electron chi connectivity index (χ4n) is 2.43. The lowest BCUT2D eigenvalue weighted by Crippen LogP contribution is -2.42. The van der Waals surface area contributed by atoms with Gasteiger partial charge in [-0.3, -0.25) is 4.79 Å². The Hall–Kier alpha value is -1.89. The van der Waals surface area contributed by atoms with Crippen LogP contribution < -0.4 is 5.32 Å². The maximum Gasteiger partial charge on any atom is 0.243 e. The Morgan fingerprint density at radius 1 is 1.12 bits per heavy atom. The number of carbonyl (C=O) groups is 1. The van der Waals surface area contributed by atoms with E-state index in [1.165, 1.54) is 0 Å². The number of benzene rings is 2. The Kier molecular flexibility index (Phi) is 6.81. The van der Waals surface area contributed by atoms with Crippen molar-refractivity contribution >= 4 is 27.5 Å². The van der Waals surface area contributed by atoms with Gasteiger partial charge in [0.15, 0.2) is 0 Å². The molecule has 0 saturated carbocycles. The molecule has 0 saturated heterocycles. The first-order valence-electron chi connectivity index (χ1n) is 8.29. The third-order valence-electron chi connectivity index (χ3n) is 3.73. The van der Waals surface area contributed by atoms with Crippen LogP contribution in [0.25, 0.3) is 0 Å². The zero-order chi connectivity index (χ0) is 19.3. The van der Waals surface area contributed by atoms with E-state index in [0.29, 0.717) is 10.6 Å². The molecule has 2 rings (SSSR count). The van der Waals surface area contributed by atoms with Gasteiger partial charge in [-0.05, 0) is 44.5 Å². The van der Waals surface area contributed by atoms with E-state index >= 15 is 0 Å². The van der Waals surface area contributed by atoms with Gasteiger partial charge in [-0.15, -0.1) is 0 Å². The van der Waals surface area contributed by atoms with Gasteiger partial charge in [-0.2, -0.15) is 4.31 Å². The largest absolute Gasteiger partial charge is 0.353 e. The highest BCUT2D eigenvalue weighted by atomic mass is 35.5. The third kappa shape index (κ3) is 5.30. The van der Waals surface area contributed by atoms with Crippen LogP contribution in [0.2, 0.25) is 5.02 Å². The molecule has 0 unspecified atom stereocenters. The zero-order valence-electron chi connectivity index (χ0n) is 15.1. The molecule has 0 aliphatic carbocycles. The Morgan fingerprint density at radius 3 is 2.31 bits per heavy atom. The van der Waals surface area contributed by atoms with E-state index in [1.807, 2.05) is 20.8 Å². The number of hydrogen-bond acceptors (Lipinski definition) is 3. The molecule has 0 radical (unpaired) electrons. The molecule has 2 aromatic carbocycles. The normalized spacial score (nSPS) is 11.8. The molecule has 0 aliphatic rings. The predicted octanol–water partition coefficient (Wildman–Crippen LogP) is 3.36. The summed E-state index contributed by atoms with van der Waals surface area (Å²) in [6.07, 6.45) is 0. The highest BCUT2D eigenvalue weighted by Crippen LogP contribution is 2.22. The van der Waals surface area contributed by atoms with E-state index in [1.54, 1.807) is 48.5 Å². The van der Waals surface area contributed by atoms with E-state index in [-0.39, 0.29) is 29.9 Å². The third-order valence-corrected chi connectivity index (χ3v) is 5.91. The molecule has 0 heterocycles. The highest BCUT2D eigenvalue weighted by molar-refractivity contribution is 7.89. The molecule has 1 amide bonds. The van der Waals surface area contributed by atoms with Gasteiger partial charge in [-0.1, -0.05) is 47.5 Å². The fraction of sp³-hybridized carbons (Fsp3) is 0.316. The van der Waals surface area contributed by atoms with Gasteiger partial charge in [0, 0.05) is 17.6 Å². The number of rotatable bonds is 7. The van der Waals surface area contributed by atoms with Crippen LogP contribution in [0.15, 0.2) is 53.4 Å². The number of aryl methyl sites for hydroxylation is 1. The van der Waals surface area contributed by atoms with E-state index in [2.05, 4.69) is 5.32 Å². The molecule has 5 nitrogen and oxygen atoms in total. The summed E-state index contributed by atoms with van der Waals surface area (Å²) in [6.45, 7) is 5.27. The van der Waals surface area contributed by atoms with Crippen LogP contribution in [0.1, 0.15) is 25.0 Å². The van der Waals surface area contributed by atoms with E-state index in [9.17, 15) is 13.2 Å². The summed E-state index contributed by atoms with van der Waals surface area (Å²) < 4.78 is 27.3. The van der Waals surface area contributed by atoms with Crippen LogP contribution in [-0.4, -0.2) is 31.2 Å². The minimum absolute atomic E-state index is 0.0153. The molecule has 1 N–H and O–H groups in total. The van der Waals surface area contributed by atoms with Gasteiger partial charge < -0.3 is 5.32 Å². The Labute approximate surface area is 160 Å². The second-order valence-corrected chi connectivity index (χ2v) is 8.74. The summed E-state index contributed by atoms with van der Waals surface area (Å²) in [5, 5.41) is 3.19. The molecule has 26 heavy (non-hydrogen) atoms. The van der Waals surface area contributed by atoms with Crippen molar-refractivity contribution in [2.75, 3.05) is 6.54 Å². The molecule has 2 aromatic rings. The van der Waals surface area contributed by atoms with E-state index in [4.69, 9.17) is 11.6 Å². The van der Waals surface area contributed by atoms with Crippen molar-refractivity contribution in [2.24, 2.45) is 0 Å². The fourth-order valence-corrected chi connectivity index (χ4v) is 4.00. The van der Waals surface area contributed by atoms with Gasteiger partial charge >= 0.3 is 0 Å². The first-order valence-corrected chi connectivity index (χ1v) is 10.1. The first-order chi connectivity index (χ1) is 12.2. The van der Waals surface area contributed by atoms with E-state index in [0.717, 1.165) is 9.87 Å².